The zero-order valence-corrected chi connectivity index (χ0v) is 14.2. The zero-order chi connectivity index (χ0) is 16.2. The minimum Gasteiger partial charge on any atom is -0.444 e. The maximum absolute atomic E-state index is 12.0. The van der Waals surface area contributed by atoms with E-state index < -0.39 is 5.60 Å². The van der Waals surface area contributed by atoms with Gasteiger partial charge >= 0.3 is 6.09 Å². The van der Waals surface area contributed by atoms with Gasteiger partial charge in [0.25, 0.3) is 0 Å². The zero-order valence-electron chi connectivity index (χ0n) is 13.4. The van der Waals surface area contributed by atoms with E-state index in [-0.39, 0.29) is 6.09 Å². The first-order valence-electron chi connectivity index (χ1n) is 7.55. The standard InChI is InChI=1S/C16H23N3O2S/c1-16(2,3)21-15(20)19-7-6-12(11-19)9-18-10-14-5-4-13(8-17)22-14/h4-5,12,18H,6-7,9-11H2,1-3H3. The summed E-state index contributed by atoms with van der Waals surface area (Å²) in [7, 11) is 0. The maximum Gasteiger partial charge on any atom is 0.410 e. The highest BCUT2D eigenvalue weighted by Crippen LogP contribution is 2.19. The topological polar surface area (TPSA) is 65.4 Å². The third kappa shape index (κ3) is 5.00. The van der Waals surface area contributed by atoms with Crippen molar-refractivity contribution < 1.29 is 9.53 Å². The molecule has 6 heteroatoms. The lowest BCUT2D eigenvalue weighted by Gasteiger charge is -2.24. The lowest BCUT2D eigenvalue weighted by atomic mass is 10.1. The number of hydrogen-bond donors (Lipinski definition) is 1. The number of nitriles is 1. The van der Waals surface area contributed by atoms with Gasteiger partial charge in [0.05, 0.1) is 0 Å². The molecular weight excluding hydrogens is 298 g/mol. The molecule has 2 rings (SSSR count). The molecule has 1 aromatic rings. The fourth-order valence-electron chi connectivity index (χ4n) is 2.42. The molecule has 0 saturated carbocycles. The van der Waals surface area contributed by atoms with Crippen LogP contribution in [-0.4, -0.2) is 36.2 Å². The van der Waals surface area contributed by atoms with E-state index in [0.717, 1.165) is 37.5 Å². The second kappa shape index (κ2) is 7.12. The number of nitrogens with zero attached hydrogens (tertiary/aromatic N) is 2. The molecule has 1 amide bonds. The summed E-state index contributed by atoms with van der Waals surface area (Å²) < 4.78 is 5.40. The van der Waals surface area contributed by atoms with Crippen LogP contribution in [0.1, 0.15) is 36.9 Å². The Labute approximate surface area is 135 Å². The van der Waals surface area contributed by atoms with Gasteiger partial charge in [-0.2, -0.15) is 5.26 Å². The molecule has 0 radical (unpaired) electrons. The largest absolute Gasteiger partial charge is 0.444 e. The molecule has 0 aromatic carbocycles. The summed E-state index contributed by atoms with van der Waals surface area (Å²) in [6, 6.07) is 5.98. The molecular formula is C16H23N3O2S. The third-order valence-corrected chi connectivity index (χ3v) is 4.43. The average Bonchev–Trinajstić information content (AvgIpc) is 3.05. The first kappa shape index (κ1) is 16.8. The first-order valence-corrected chi connectivity index (χ1v) is 8.36. The van der Waals surface area contributed by atoms with Gasteiger partial charge < -0.3 is 15.0 Å². The van der Waals surface area contributed by atoms with Gasteiger partial charge in [-0.25, -0.2) is 4.79 Å². The SMILES string of the molecule is CC(C)(C)OC(=O)N1CCC(CNCc2ccc(C#N)s2)C1. The fraction of sp³-hybridized carbons (Fsp3) is 0.625. The number of carbonyl (C=O) groups is 1. The Morgan fingerprint density at radius 1 is 1.55 bits per heavy atom. The molecule has 22 heavy (non-hydrogen) atoms. The van der Waals surface area contributed by atoms with Gasteiger partial charge in [0.1, 0.15) is 16.5 Å². The van der Waals surface area contributed by atoms with Crippen molar-refractivity contribution in [2.75, 3.05) is 19.6 Å². The Balaban J connectivity index is 1.70. The average molecular weight is 321 g/mol. The Morgan fingerprint density at radius 2 is 2.32 bits per heavy atom. The molecule has 1 atom stereocenters. The fourth-order valence-corrected chi connectivity index (χ4v) is 3.20. The van der Waals surface area contributed by atoms with Crippen molar-refractivity contribution in [2.45, 2.75) is 39.3 Å². The van der Waals surface area contributed by atoms with E-state index >= 15 is 0 Å². The van der Waals surface area contributed by atoms with Gasteiger partial charge in [-0.3, -0.25) is 0 Å². The van der Waals surface area contributed by atoms with Gasteiger partial charge in [0.15, 0.2) is 0 Å². The molecule has 5 nitrogen and oxygen atoms in total. The van der Waals surface area contributed by atoms with Crippen LogP contribution in [0.5, 0.6) is 0 Å². The van der Waals surface area contributed by atoms with Crippen molar-refractivity contribution >= 4 is 17.4 Å². The number of rotatable bonds is 4. The van der Waals surface area contributed by atoms with Crippen LogP contribution in [0.4, 0.5) is 4.79 Å². The number of thiophene rings is 1. The van der Waals surface area contributed by atoms with Crippen LogP contribution in [0.2, 0.25) is 0 Å². The Morgan fingerprint density at radius 3 is 2.95 bits per heavy atom. The van der Waals surface area contributed by atoms with Crippen LogP contribution in [0.25, 0.3) is 0 Å². The predicted octanol–water partition coefficient (Wildman–Crippen LogP) is 2.97. The molecule has 1 fully saturated rings. The van der Waals surface area contributed by atoms with E-state index in [1.165, 1.54) is 16.2 Å². The van der Waals surface area contributed by atoms with Gasteiger partial charge in [0.2, 0.25) is 0 Å². The molecule has 1 aliphatic rings. The number of nitrogens with one attached hydrogen (secondary N) is 1. The van der Waals surface area contributed by atoms with E-state index in [1.807, 2.05) is 32.9 Å². The van der Waals surface area contributed by atoms with Crippen LogP contribution >= 0.6 is 11.3 Å². The molecule has 1 aliphatic heterocycles. The molecule has 0 spiro atoms. The van der Waals surface area contributed by atoms with E-state index in [4.69, 9.17) is 10.00 Å². The predicted molar refractivity (Wildman–Crippen MR) is 86.7 cm³/mol. The Bertz CT molecular complexity index is 556. The molecule has 120 valence electrons. The number of likely N-dealkylation sites (tertiary alicyclic amines) is 1. The Kier molecular flexibility index (Phi) is 5.43. The smallest absolute Gasteiger partial charge is 0.410 e. The molecule has 2 heterocycles. The number of hydrogen-bond acceptors (Lipinski definition) is 5. The van der Waals surface area contributed by atoms with E-state index in [2.05, 4.69) is 11.4 Å². The number of amides is 1. The Hall–Kier alpha value is -1.58. The van der Waals surface area contributed by atoms with Crippen LogP contribution in [-0.2, 0) is 11.3 Å². The summed E-state index contributed by atoms with van der Waals surface area (Å²) in [4.78, 5) is 15.7. The van der Waals surface area contributed by atoms with Gasteiger partial charge in [0, 0.05) is 31.1 Å². The lowest BCUT2D eigenvalue weighted by Crippen LogP contribution is -2.36. The second-order valence-electron chi connectivity index (χ2n) is 6.59. The van der Waals surface area contributed by atoms with Crippen LogP contribution in [0.3, 0.4) is 0 Å². The minimum absolute atomic E-state index is 0.216. The summed E-state index contributed by atoms with van der Waals surface area (Å²) in [5.74, 6) is 0.461. The van der Waals surface area contributed by atoms with Gasteiger partial charge in [-0.05, 0) is 45.2 Å². The summed E-state index contributed by atoms with van der Waals surface area (Å²) in [6.07, 6.45) is 0.784. The molecule has 0 bridgehead atoms. The quantitative estimate of drug-likeness (QED) is 0.926. The molecule has 1 unspecified atom stereocenters. The van der Waals surface area contributed by atoms with Gasteiger partial charge in [-0.15, -0.1) is 11.3 Å². The van der Waals surface area contributed by atoms with E-state index in [0.29, 0.717) is 5.92 Å². The lowest BCUT2D eigenvalue weighted by molar-refractivity contribution is 0.0288. The van der Waals surface area contributed by atoms with Crippen molar-refractivity contribution in [3.63, 3.8) is 0 Å². The first-order chi connectivity index (χ1) is 10.4. The van der Waals surface area contributed by atoms with Crippen molar-refractivity contribution in [1.82, 2.24) is 10.2 Å². The maximum atomic E-state index is 12.0. The summed E-state index contributed by atoms with van der Waals surface area (Å²) in [6.45, 7) is 8.81. The number of ether oxygens (including phenoxy) is 1. The number of carbonyl (C=O) groups excluding carboxylic acids is 1. The van der Waals surface area contributed by atoms with E-state index in [9.17, 15) is 4.79 Å². The monoisotopic (exact) mass is 321 g/mol. The molecule has 1 N–H and O–H groups in total. The third-order valence-electron chi connectivity index (χ3n) is 3.44. The van der Waals surface area contributed by atoms with Crippen molar-refractivity contribution in [3.05, 3.63) is 21.9 Å². The summed E-state index contributed by atoms with van der Waals surface area (Å²) in [5.41, 5.74) is -0.439. The minimum atomic E-state index is -0.439. The molecule has 0 aliphatic carbocycles. The van der Waals surface area contributed by atoms with Crippen LogP contribution in [0.15, 0.2) is 12.1 Å². The normalized spacial score (nSPS) is 18.3. The summed E-state index contributed by atoms with van der Waals surface area (Å²) in [5, 5.41) is 12.2. The van der Waals surface area contributed by atoms with Gasteiger partial charge in [-0.1, -0.05) is 0 Å². The molecule has 1 aromatic heterocycles. The molecule has 1 saturated heterocycles. The highest BCUT2D eigenvalue weighted by atomic mass is 32.1. The highest BCUT2D eigenvalue weighted by Gasteiger charge is 2.29. The van der Waals surface area contributed by atoms with Crippen molar-refractivity contribution in [2.24, 2.45) is 5.92 Å². The second-order valence-corrected chi connectivity index (χ2v) is 7.76. The van der Waals surface area contributed by atoms with Crippen molar-refractivity contribution in [3.8, 4) is 6.07 Å². The van der Waals surface area contributed by atoms with E-state index in [1.54, 1.807) is 4.90 Å². The van der Waals surface area contributed by atoms with Crippen molar-refractivity contribution in [1.29, 1.82) is 5.26 Å². The highest BCUT2D eigenvalue weighted by molar-refractivity contribution is 7.12. The summed E-state index contributed by atoms with van der Waals surface area (Å²) >= 11 is 1.52. The van der Waals surface area contributed by atoms with Crippen LogP contribution < -0.4 is 5.32 Å². The van der Waals surface area contributed by atoms with Crippen LogP contribution in [0, 0.1) is 17.2 Å².